The van der Waals surface area contributed by atoms with Crippen LogP contribution in [0.5, 0.6) is 0 Å². The molecule has 1 saturated carbocycles. The summed E-state index contributed by atoms with van der Waals surface area (Å²) >= 11 is 0. The summed E-state index contributed by atoms with van der Waals surface area (Å²) in [6.07, 6.45) is 4.08. The summed E-state index contributed by atoms with van der Waals surface area (Å²) in [4.78, 5) is 48.3. The fraction of sp³-hybridized carbons (Fsp3) is 0.471. The molecule has 1 N–H and O–H groups in total. The van der Waals surface area contributed by atoms with Crippen molar-refractivity contribution in [2.45, 2.75) is 38.6 Å². The molecule has 1 aliphatic heterocycles. The number of nitro benzene ring substituents is 1. The summed E-state index contributed by atoms with van der Waals surface area (Å²) in [6, 6.07) is 3.93. The van der Waals surface area contributed by atoms with Crippen LogP contribution in [0.15, 0.2) is 18.2 Å². The summed E-state index contributed by atoms with van der Waals surface area (Å²) < 4.78 is 0. The van der Waals surface area contributed by atoms with Crippen LogP contribution in [0.1, 0.15) is 53.3 Å². The third-order valence-corrected chi connectivity index (χ3v) is 4.93. The fourth-order valence-corrected chi connectivity index (χ4v) is 3.54. The van der Waals surface area contributed by atoms with Crippen LogP contribution in [0.3, 0.4) is 0 Å². The van der Waals surface area contributed by atoms with Gasteiger partial charge < -0.3 is 5.32 Å². The van der Waals surface area contributed by atoms with Crippen molar-refractivity contribution in [1.82, 2.24) is 10.2 Å². The molecule has 1 aliphatic carbocycles. The number of hydrogen-bond acceptors (Lipinski definition) is 5. The van der Waals surface area contributed by atoms with Crippen molar-refractivity contribution in [3.05, 3.63) is 39.4 Å². The Labute approximate surface area is 144 Å². The fourth-order valence-electron chi connectivity index (χ4n) is 3.54. The molecule has 0 spiro atoms. The van der Waals surface area contributed by atoms with Gasteiger partial charge in [-0.1, -0.05) is 25.8 Å². The molecular weight excluding hydrogens is 326 g/mol. The highest BCUT2D eigenvalue weighted by Gasteiger charge is 2.41. The predicted molar refractivity (Wildman–Crippen MR) is 88.0 cm³/mol. The van der Waals surface area contributed by atoms with Gasteiger partial charge >= 0.3 is 0 Å². The Hall–Kier alpha value is -2.77. The van der Waals surface area contributed by atoms with Crippen LogP contribution >= 0.6 is 0 Å². The van der Waals surface area contributed by atoms with Gasteiger partial charge in [-0.05, 0) is 24.8 Å². The first-order valence-corrected chi connectivity index (χ1v) is 8.33. The Morgan fingerprint density at radius 3 is 2.68 bits per heavy atom. The normalized spacial score (nSPS) is 22.7. The molecule has 3 rings (SSSR count). The smallest absolute Gasteiger partial charge is 0.282 e. The topological polar surface area (TPSA) is 110 Å². The number of benzene rings is 1. The molecule has 25 heavy (non-hydrogen) atoms. The molecule has 1 aromatic rings. The van der Waals surface area contributed by atoms with E-state index in [9.17, 15) is 24.5 Å². The van der Waals surface area contributed by atoms with E-state index in [4.69, 9.17) is 0 Å². The van der Waals surface area contributed by atoms with Crippen LogP contribution in [-0.4, -0.2) is 40.1 Å². The van der Waals surface area contributed by atoms with Crippen LogP contribution in [-0.2, 0) is 4.79 Å². The first kappa shape index (κ1) is 17.1. The summed E-state index contributed by atoms with van der Waals surface area (Å²) in [5, 5.41) is 14.0. The number of fused-ring (bicyclic) bond motifs is 1. The van der Waals surface area contributed by atoms with Gasteiger partial charge in [0.1, 0.15) is 12.1 Å². The lowest BCUT2D eigenvalue weighted by atomic mass is 9.86. The van der Waals surface area contributed by atoms with Gasteiger partial charge in [-0.3, -0.25) is 29.4 Å². The molecule has 2 aliphatic rings. The zero-order valence-corrected chi connectivity index (χ0v) is 13.9. The number of amides is 3. The average molecular weight is 345 g/mol. The number of nitrogens with one attached hydrogen (secondary N) is 1. The summed E-state index contributed by atoms with van der Waals surface area (Å²) in [7, 11) is 0. The number of nitrogens with zero attached hydrogens (tertiary/aromatic N) is 2. The van der Waals surface area contributed by atoms with Crippen LogP contribution in [0.25, 0.3) is 0 Å². The minimum atomic E-state index is -0.792. The Kier molecular flexibility index (Phi) is 4.52. The van der Waals surface area contributed by atoms with E-state index in [1.807, 2.05) is 0 Å². The Morgan fingerprint density at radius 2 is 2.00 bits per heavy atom. The molecule has 0 bridgehead atoms. The third-order valence-electron chi connectivity index (χ3n) is 4.93. The van der Waals surface area contributed by atoms with E-state index in [0.29, 0.717) is 5.92 Å². The maximum absolute atomic E-state index is 12.4. The number of imide groups is 1. The minimum Gasteiger partial charge on any atom is -0.352 e. The molecule has 0 saturated heterocycles. The van der Waals surface area contributed by atoms with Crippen LogP contribution in [0, 0.1) is 16.0 Å². The van der Waals surface area contributed by atoms with Gasteiger partial charge in [-0.2, -0.15) is 0 Å². The molecule has 8 heteroatoms. The maximum Gasteiger partial charge on any atom is 0.282 e. The molecule has 3 amide bonds. The number of hydrogen-bond donors (Lipinski definition) is 1. The second kappa shape index (κ2) is 6.62. The molecule has 0 radical (unpaired) electrons. The quantitative estimate of drug-likeness (QED) is 0.509. The molecule has 0 aromatic heterocycles. The summed E-state index contributed by atoms with van der Waals surface area (Å²) in [6.45, 7) is 1.64. The van der Waals surface area contributed by atoms with Crippen molar-refractivity contribution >= 4 is 23.4 Å². The van der Waals surface area contributed by atoms with Gasteiger partial charge in [0.05, 0.1) is 10.5 Å². The first-order chi connectivity index (χ1) is 11.9. The molecule has 0 unspecified atom stereocenters. The monoisotopic (exact) mass is 345 g/mol. The Morgan fingerprint density at radius 1 is 1.28 bits per heavy atom. The second-order valence-electron chi connectivity index (χ2n) is 6.59. The standard InChI is InChI=1S/C17H19N3O5/c1-10-5-2-3-7-12(10)18-14(21)9-19-16(22)11-6-4-8-13(20(24)25)15(11)17(19)23/h4,6,8,10,12H,2-3,5,7,9H2,1H3,(H,18,21)/t10-,12-/m1/s1. The van der Waals surface area contributed by atoms with Crippen molar-refractivity contribution in [3.8, 4) is 0 Å². The van der Waals surface area contributed by atoms with Gasteiger partial charge in [0.25, 0.3) is 17.5 Å². The number of carbonyl (C=O) groups is 3. The molecule has 132 valence electrons. The third kappa shape index (κ3) is 3.11. The SMILES string of the molecule is C[C@@H]1CCCC[C@H]1NC(=O)CN1C(=O)c2cccc([N+](=O)[O-])c2C1=O. The lowest BCUT2D eigenvalue weighted by molar-refractivity contribution is -0.385. The van der Waals surface area contributed by atoms with E-state index < -0.39 is 34.9 Å². The van der Waals surface area contributed by atoms with Crippen LogP contribution < -0.4 is 5.32 Å². The zero-order chi connectivity index (χ0) is 18.1. The van der Waals surface area contributed by atoms with Crippen molar-refractivity contribution < 1.29 is 19.3 Å². The van der Waals surface area contributed by atoms with Crippen molar-refractivity contribution in [2.24, 2.45) is 5.92 Å². The number of rotatable bonds is 4. The van der Waals surface area contributed by atoms with Crippen LogP contribution in [0.4, 0.5) is 5.69 Å². The predicted octanol–water partition coefficient (Wildman–Crippen LogP) is 1.89. The Balaban J connectivity index is 1.75. The van der Waals surface area contributed by atoms with Gasteiger partial charge in [0.2, 0.25) is 5.91 Å². The van der Waals surface area contributed by atoms with E-state index >= 15 is 0 Å². The number of nitro groups is 1. The van der Waals surface area contributed by atoms with E-state index in [0.717, 1.165) is 30.6 Å². The van der Waals surface area contributed by atoms with Crippen molar-refractivity contribution in [3.63, 3.8) is 0 Å². The molecule has 1 heterocycles. The summed E-state index contributed by atoms with van der Waals surface area (Å²) in [5.41, 5.74) is -0.686. The molecule has 1 aromatic carbocycles. The summed E-state index contributed by atoms with van der Waals surface area (Å²) in [5.74, 6) is -1.54. The molecule has 1 fully saturated rings. The van der Waals surface area contributed by atoms with Crippen molar-refractivity contribution in [2.75, 3.05) is 6.54 Å². The molecular formula is C17H19N3O5. The largest absolute Gasteiger partial charge is 0.352 e. The minimum absolute atomic E-state index is 0.0296. The van der Waals surface area contributed by atoms with E-state index in [1.54, 1.807) is 0 Å². The van der Waals surface area contributed by atoms with Gasteiger partial charge in [0.15, 0.2) is 0 Å². The highest BCUT2D eigenvalue weighted by molar-refractivity contribution is 6.24. The van der Waals surface area contributed by atoms with Gasteiger partial charge in [-0.15, -0.1) is 0 Å². The van der Waals surface area contributed by atoms with E-state index in [1.165, 1.54) is 18.2 Å². The highest BCUT2D eigenvalue weighted by Crippen LogP contribution is 2.30. The lowest BCUT2D eigenvalue weighted by Crippen LogP contribution is -2.46. The second-order valence-corrected chi connectivity index (χ2v) is 6.59. The van der Waals surface area contributed by atoms with Crippen LogP contribution in [0.2, 0.25) is 0 Å². The van der Waals surface area contributed by atoms with Gasteiger partial charge in [-0.25, -0.2) is 0 Å². The zero-order valence-electron chi connectivity index (χ0n) is 13.9. The van der Waals surface area contributed by atoms with E-state index in [-0.39, 0.29) is 17.2 Å². The Bertz CT molecular complexity index is 761. The van der Waals surface area contributed by atoms with Gasteiger partial charge in [0, 0.05) is 12.1 Å². The lowest BCUT2D eigenvalue weighted by Gasteiger charge is -2.30. The highest BCUT2D eigenvalue weighted by atomic mass is 16.6. The molecule has 2 atom stereocenters. The van der Waals surface area contributed by atoms with Crippen molar-refractivity contribution in [1.29, 1.82) is 0 Å². The van der Waals surface area contributed by atoms with E-state index in [2.05, 4.69) is 12.2 Å². The first-order valence-electron chi connectivity index (χ1n) is 8.33. The average Bonchev–Trinajstić information content (AvgIpc) is 2.82. The maximum atomic E-state index is 12.4. The number of carbonyl (C=O) groups excluding carboxylic acids is 3. The molecule has 8 nitrogen and oxygen atoms in total.